The van der Waals surface area contributed by atoms with Gasteiger partial charge in [0.1, 0.15) is 11.9 Å². The van der Waals surface area contributed by atoms with Crippen molar-refractivity contribution in [3.8, 4) is 0 Å². The second kappa shape index (κ2) is 11.1. The Morgan fingerprint density at radius 2 is 1.64 bits per heavy atom. The molecule has 8 nitrogen and oxygen atoms in total. The minimum Gasteiger partial charge on any atom is -0.481 e. The number of carboxylic acid groups (broad SMARTS) is 1. The maximum Gasteiger partial charge on any atom is 0.307 e. The number of allylic oxidation sites excluding steroid dienone is 3. The van der Waals surface area contributed by atoms with Crippen LogP contribution in [0.25, 0.3) is 0 Å². The van der Waals surface area contributed by atoms with Gasteiger partial charge in [0, 0.05) is 24.7 Å². The van der Waals surface area contributed by atoms with Gasteiger partial charge in [0.15, 0.2) is 0 Å². The molecule has 4 unspecified atom stereocenters. The number of hydrogen-bond acceptors (Lipinski definition) is 7. The fourth-order valence-corrected chi connectivity index (χ4v) is 9.88. The molecule has 3 N–H and O–H groups in total. The summed E-state index contributed by atoms with van der Waals surface area (Å²) in [4.78, 5) is 35.5. The van der Waals surface area contributed by atoms with Crippen LogP contribution in [-0.4, -0.2) is 51.5 Å². The summed E-state index contributed by atoms with van der Waals surface area (Å²) in [6, 6.07) is 0. The molecule has 0 bridgehead atoms. The third kappa shape index (κ3) is 4.94. The maximum atomic E-state index is 12.1. The van der Waals surface area contributed by atoms with Gasteiger partial charge in [-0.2, -0.15) is 0 Å². The molecule has 4 aliphatic carbocycles. The Morgan fingerprint density at radius 1 is 1.00 bits per heavy atom. The lowest BCUT2D eigenvalue weighted by atomic mass is 9.43. The number of carbonyl (C=O) groups is 3. The summed E-state index contributed by atoms with van der Waals surface area (Å²) in [6.45, 7) is 17.3. The number of aliphatic hydroxyl groups is 2. The zero-order chi connectivity index (χ0) is 31.6. The molecule has 10 atom stereocenters. The zero-order valence-electron chi connectivity index (χ0n) is 27.0. The number of aliphatic hydroxyl groups excluding tert-OH is 2. The lowest BCUT2D eigenvalue weighted by Crippen LogP contribution is -2.57. The molecule has 236 valence electrons. The molecule has 0 aliphatic heterocycles. The number of rotatable bonds is 8. The van der Waals surface area contributed by atoms with Gasteiger partial charge in [-0.25, -0.2) is 0 Å². The molecule has 4 aliphatic rings. The number of esters is 2. The summed E-state index contributed by atoms with van der Waals surface area (Å²) in [6.07, 6.45) is 4.36. The molecule has 0 heterocycles. The molecule has 1 fully saturated rings. The van der Waals surface area contributed by atoms with Gasteiger partial charge in [0.25, 0.3) is 0 Å². The normalized spacial score (nSPS) is 39.2. The van der Waals surface area contributed by atoms with Gasteiger partial charge in [-0.15, -0.1) is 0 Å². The quantitative estimate of drug-likeness (QED) is 0.239. The Balaban J connectivity index is 1.73. The number of aliphatic carboxylic acids is 1. The smallest absolute Gasteiger partial charge is 0.307 e. The Hall–Kier alpha value is -2.19. The highest BCUT2D eigenvalue weighted by Gasteiger charge is 2.68. The Morgan fingerprint density at radius 3 is 2.21 bits per heavy atom. The van der Waals surface area contributed by atoms with Gasteiger partial charge >= 0.3 is 17.9 Å². The Kier molecular flexibility index (Phi) is 8.62. The summed E-state index contributed by atoms with van der Waals surface area (Å²) in [5, 5.41) is 33.3. The average molecular weight is 589 g/mol. The van der Waals surface area contributed by atoms with Gasteiger partial charge in [0.2, 0.25) is 0 Å². The van der Waals surface area contributed by atoms with Crippen LogP contribution < -0.4 is 0 Å². The van der Waals surface area contributed by atoms with Crippen LogP contribution in [0.2, 0.25) is 0 Å². The maximum absolute atomic E-state index is 12.1. The van der Waals surface area contributed by atoms with Crippen LogP contribution in [0.1, 0.15) is 107 Å². The van der Waals surface area contributed by atoms with E-state index in [1.54, 1.807) is 6.92 Å². The second-order valence-electron chi connectivity index (χ2n) is 15.0. The highest BCUT2D eigenvalue weighted by Crippen LogP contribution is 2.72. The van der Waals surface area contributed by atoms with Crippen LogP contribution in [0.15, 0.2) is 23.0 Å². The molecule has 0 aromatic rings. The Labute approximate surface area is 250 Å². The summed E-state index contributed by atoms with van der Waals surface area (Å²) < 4.78 is 11.5. The van der Waals surface area contributed by atoms with Gasteiger partial charge in [-0.05, 0) is 85.2 Å². The first-order valence-electron chi connectivity index (χ1n) is 15.7. The van der Waals surface area contributed by atoms with Crippen molar-refractivity contribution in [2.24, 2.45) is 45.3 Å². The molecule has 8 heteroatoms. The van der Waals surface area contributed by atoms with Crippen LogP contribution >= 0.6 is 0 Å². The number of fused-ring (bicyclic) bond motifs is 4. The van der Waals surface area contributed by atoms with E-state index in [4.69, 9.17) is 9.47 Å². The third-order valence-electron chi connectivity index (χ3n) is 12.5. The van der Waals surface area contributed by atoms with E-state index in [2.05, 4.69) is 41.5 Å². The first kappa shape index (κ1) is 32.7. The number of hydrogen-bond donors (Lipinski definition) is 3. The van der Waals surface area contributed by atoms with E-state index >= 15 is 0 Å². The molecular weight excluding hydrogens is 536 g/mol. The third-order valence-corrected chi connectivity index (χ3v) is 12.5. The molecule has 0 saturated heterocycles. The highest BCUT2D eigenvalue weighted by atomic mass is 16.5. The molecule has 42 heavy (non-hydrogen) atoms. The molecule has 0 aromatic carbocycles. The predicted octanol–water partition coefficient (Wildman–Crippen LogP) is 5.80. The lowest BCUT2D eigenvalue weighted by molar-refractivity contribution is -0.152. The van der Waals surface area contributed by atoms with Crippen LogP contribution in [0.5, 0.6) is 0 Å². The SMILES string of the molecule is CC(=O)OC1=CC[C@]2(C)C3=C(C(O)C[C@H]2C1(C)C)[C@]1(C)C(O)C[C@H]([C@H](C)C(CCC(C)C(=O)O)OC(C)=O)[C@@]1(C)CC3. The molecule has 0 radical (unpaired) electrons. The van der Waals surface area contributed by atoms with Gasteiger partial charge in [0.05, 0.1) is 18.1 Å². The van der Waals surface area contributed by atoms with E-state index in [-0.39, 0.29) is 34.6 Å². The largest absolute Gasteiger partial charge is 0.481 e. The van der Waals surface area contributed by atoms with Gasteiger partial charge < -0.3 is 24.8 Å². The van der Waals surface area contributed by atoms with Crippen LogP contribution in [0.4, 0.5) is 0 Å². The van der Waals surface area contributed by atoms with Crippen molar-refractivity contribution in [2.75, 3.05) is 0 Å². The van der Waals surface area contributed by atoms with Crippen molar-refractivity contribution in [2.45, 2.75) is 126 Å². The van der Waals surface area contributed by atoms with Gasteiger partial charge in [-0.1, -0.05) is 54.0 Å². The Bertz CT molecular complexity index is 1180. The fraction of sp³-hybridized carbons (Fsp3) is 0.794. The van der Waals surface area contributed by atoms with Crippen molar-refractivity contribution in [1.82, 2.24) is 0 Å². The van der Waals surface area contributed by atoms with Crippen molar-refractivity contribution in [3.63, 3.8) is 0 Å². The minimum absolute atomic E-state index is 0.00651. The molecule has 4 rings (SSSR count). The summed E-state index contributed by atoms with van der Waals surface area (Å²) in [5.74, 6) is -1.52. The number of carboxylic acids is 1. The molecule has 1 saturated carbocycles. The van der Waals surface area contributed by atoms with Crippen molar-refractivity contribution >= 4 is 17.9 Å². The van der Waals surface area contributed by atoms with Gasteiger partial charge in [-0.3, -0.25) is 14.4 Å². The van der Waals surface area contributed by atoms with E-state index in [0.29, 0.717) is 37.9 Å². The number of ether oxygens (including phenoxy) is 2. The minimum atomic E-state index is -0.870. The van der Waals surface area contributed by atoms with Crippen LogP contribution in [0.3, 0.4) is 0 Å². The van der Waals surface area contributed by atoms with Crippen molar-refractivity contribution in [3.05, 3.63) is 23.0 Å². The molecule has 0 aromatic heterocycles. The summed E-state index contributed by atoms with van der Waals surface area (Å²) >= 11 is 0. The topological polar surface area (TPSA) is 130 Å². The van der Waals surface area contributed by atoms with E-state index in [0.717, 1.165) is 18.4 Å². The standard InChI is InChI=1S/C34H52O8/c1-18(30(39)40)10-11-25(41-20(3)35)19(2)23-16-27(38)34(9)29-22(12-15-33(23,34)8)32(7)14-13-28(42-21(4)36)31(5,6)26(32)17-24(29)37/h13,18-19,23-27,37-38H,10-12,14-17H2,1-9H3,(H,39,40)/t18?,19-,23+,24?,25?,26-,27?,32+,33+,34-/m0/s1. The number of carbonyl (C=O) groups excluding carboxylic acids is 2. The predicted molar refractivity (Wildman–Crippen MR) is 158 cm³/mol. The van der Waals surface area contributed by atoms with Crippen molar-refractivity contribution in [1.29, 1.82) is 0 Å². The lowest BCUT2D eigenvalue weighted by Gasteiger charge is -2.62. The van der Waals surface area contributed by atoms with E-state index < -0.39 is 47.0 Å². The van der Waals surface area contributed by atoms with E-state index in [1.807, 2.05) is 6.08 Å². The van der Waals surface area contributed by atoms with Crippen LogP contribution in [0, 0.1) is 45.3 Å². The van der Waals surface area contributed by atoms with E-state index in [9.17, 15) is 29.7 Å². The first-order chi connectivity index (χ1) is 19.3. The summed E-state index contributed by atoms with van der Waals surface area (Å²) in [7, 11) is 0. The van der Waals surface area contributed by atoms with Crippen molar-refractivity contribution < 1.29 is 39.2 Å². The van der Waals surface area contributed by atoms with Crippen LogP contribution in [-0.2, 0) is 23.9 Å². The molecular formula is C34H52O8. The molecule has 0 spiro atoms. The highest BCUT2D eigenvalue weighted by molar-refractivity contribution is 5.69. The zero-order valence-corrected chi connectivity index (χ0v) is 27.0. The summed E-state index contributed by atoms with van der Waals surface area (Å²) in [5.41, 5.74) is 0.469. The van der Waals surface area contributed by atoms with E-state index in [1.165, 1.54) is 19.4 Å². The monoisotopic (exact) mass is 588 g/mol. The average Bonchev–Trinajstić information content (AvgIpc) is 3.09. The molecule has 0 amide bonds. The fourth-order valence-electron chi connectivity index (χ4n) is 9.88. The first-order valence-corrected chi connectivity index (χ1v) is 15.7. The second-order valence-corrected chi connectivity index (χ2v) is 15.0.